The van der Waals surface area contributed by atoms with Crippen molar-refractivity contribution in [3.8, 4) is 22.5 Å². The maximum atomic E-state index is 13.6. The Morgan fingerprint density at radius 1 is 0.762 bits per heavy atom. The predicted molar refractivity (Wildman–Crippen MR) is 82.3 cm³/mol. The molecule has 1 heterocycles. The molecule has 0 saturated heterocycles. The number of rotatable bonds is 2. The van der Waals surface area contributed by atoms with Crippen molar-refractivity contribution in [2.45, 2.75) is 13.8 Å². The fourth-order valence-electron chi connectivity index (χ4n) is 2.13. The number of nitrogens with zero attached hydrogens (tertiary/aromatic N) is 2. The summed E-state index contributed by atoms with van der Waals surface area (Å²) in [5, 5.41) is 0. The SMILES string of the molecule is Cc1cnc(-c2ccc(-c3ccc(C)c(F)c3)cc2)nc1. The van der Waals surface area contributed by atoms with E-state index in [-0.39, 0.29) is 5.82 Å². The van der Waals surface area contributed by atoms with Crippen LogP contribution in [0.15, 0.2) is 54.9 Å². The Balaban J connectivity index is 1.93. The highest BCUT2D eigenvalue weighted by atomic mass is 19.1. The van der Waals surface area contributed by atoms with E-state index >= 15 is 0 Å². The van der Waals surface area contributed by atoms with Gasteiger partial charge in [0.2, 0.25) is 0 Å². The van der Waals surface area contributed by atoms with Crippen LogP contribution >= 0.6 is 0 Å². The van der Waals surface area contributed by atoms with Crippen LogP contribution in [0.5, 0.6) is 0 Å². The third kappa shape index (κ3) is 2.82. The van der Waals surface area contributed by atoms with Crippen molar-refractivity contribution in [1.29, 1.82) is 0 Å². The van der Waals surface area contributed by atoms with Crippen molar-refractivity contribution in [2.24, 2.45) is 0 Å². The lowest BCUT2D eigenvalue weighted by Crippen LogP contribution is -1.89. The van der Waals surface area contributed by atoms with Crippen LogP contribution in [0.25, 0.3) is 22.5 Å². The molecular formula is C18H15FN2. The minimum atomic E-state index is -0.182. The zero-order chi connectivity index (χ0) is 14.8. The van der Waals surface area contributed by atoms with E-state index in [4.69, 9.17) is 0 Å². The minimum absolute atomic E-state index is 0.182. The molecule has 3 heteroatoms. The molecule has 0 amide bonds. The summed E-state index contributed by atoms with van der Waals surface area (Å²) in [5.74, 6) is 0.515. The second-order valence-corrected chi connectivity index (χ2v) is 5.13. The summed E-state index contributed by atoms with van der Waals surface area (Å²) in [7, 11) is 0. The monoisotopic (exact) mass is 278 g/mol. The van der Waals surface area contributed by atoms with E-state index < -0.39 is 0 Å². The molecule has 3 aromatic rings. The standard InChI is InChI=1S/C18H15FN2/c1-12-10-20-18(21-11-12)15-7-5-14(6-8-15)16-4-3-13(2)17(19)9-16/h3-11H,1-2H3. The highest BCUT2D eigenvalue weighted by Crippen LogP contribution is 2.24. The maximum absolute atomic E-state index is 13.6. The topological polar surface area (TPSA) is 25.8 Å². The van der Waals surface area contributed by atoms with Crippen molar-refractivity contribution in [1.82, 2.24) is 9.97 Å². The molecule has 104 valence electrons. The van der Waals surface area contributed by atoms with E-state index in [0.717, 1.165) is 22.3 Å². The summed E-state index contributed by atoms with van der Waals surface area (Å²) in [5.41, 5.74) is 4.49. The van der Waals surface area contributed by atoms with Gasteiger partial charge in [0.05, 0.1) is 0 Å². The van der Waals surface area contributed by atoms with Crippen LogP contribution < -0.4 is 0 Å². The van der Waals surface area contributed by atoms with E-state index in [2.05, 4.69) is 9.97 Å². The van der Waals surface area contributed by atoms with Crippen molar-refractivity contribution in [3.05, 3.63) is 71.8 Å². The number of benzene rings is 2. The molecule has 0 unspecified atom stereocenters. The van der Waals surface area contributed by atoms with Gasteiger partial charge in [-0.3, -0.25) is 0 Å². The Morgan fingerprint density at radius 3 is 1.95 bits per heavy atom. The molecule has 3 rings (SSSR count). The molecule has 0 radical (unpaired) electrons. The molecule has 2 aromatic carbocycles. The Bertz CT molecular complexity index is 762. The third-order valence-electron chi connectivity index (χ3n) is 3.43. The van der Waals surface area contributed by atoms with Gasteiger partial charge in [-0.1, -0.05) is 36.4 Å². The number of aryl methyl sites for hydroxylation is 2. The Labute approximate surface area is 123 Å². The maximum Gasteiger partial charge on any atom is 0.159 e. The summed E-state index contributed by atoms with van der Waals surface area (Å²) >= 11 is 0. The average Bonchev–Trinajstić information content (AvgIpc) is 2.51. The van der Waals surface area contributed by atoms with Crippen LogP contribution in [0.3, 0.4) is 0 Å². The predicted octanol–water partition coefficient (Wildman–Crippen LogP) is 4.57. The van der Waals surface area contributed by atoms with E-state index in [0.29, 0.717) is 11.4 Å². The normalized spacial score (nSPS) is 10.6. The molecule has 0 saturated carbocycles. The van der Waals surface area contributed by atoms with E-state index in [1.165, 1.54) is 0 Å². The molecule has 0 aliphatic heterocycles. The number of hydrogen-bond donors (Lipinski definition) is 0. The van der Waals surface area contributed by atoms with Gasteiger partial charge in [0.15, 0.2) is 5.82 Å². The highest BCUT2D eigenvalue weighted by Gasteiger charge is 2.04. The van der Waals surface area contributed by atoms with Gasteiger partial charge in [0.1, 0.15) is 5.82 Å². The first kappa shape index (κ1) is 13.4. The zero-order valence-corrected chi connectivity index (χ0v) is 12.0. The van der Waals surface area contributed by atoms with E-state index in [1.807, 2.05) is 37.3 Å². The summed E-state index contributed by atoms with van der Waals surface area (Å²) in [6.07, 6.45) is 3.59. The molecule has 0 aliphatic carbocycles. The van der Waals surface area contributed by atoms with Crippen LogP contribution in [-0.2, 0) is 0 Å². The van der Waals surface area contributed by atoms with Crippen molar-refractivity contribution < 1.29 is 4.39 Å². The molecule has 0 aliphatic rings. The van der Waals surface area contributed by atoms with Gasteiger partial charge in [-0.15, -0.1) is 0 Å². The van der Waals surface area contributed by atoms with Crippen LogP contribution in [-0.4, -0.2) is 9.97 Å². The zero-order valence-electron chi connectivity index (χ0n) is 12.0. The van der Waals surface area contributed by atoms with Crippen LogP contribution in [0.2, 0.25) is 0 Å². The molecule has 21 heavy (non-hydrogen) atoms. The van der Waals surface area contributed by atoms with Gasteiger partial charge in [0.25, 0.3) is 0 Å². The molecule has 0 atom stereocenters. The minimum Gasteiger partial charge on any atom is -0.236 e. The average molecular weight is 278 g/mol. The molecule has 0 spiro atoms. The van der Waals surface area contributed by atoms with Crippen LogP contribution in [0.4, 0.5) is 4.39 Å². The lowest BCUT2D eigenvalue weighted by molar-refractivity contribution is 0.619. The number of halogens is 1. The Kier molecular flexibility index (Phi) is 3.48. The van der Waals surface area contributed by atoms with Crippen LogP contribution in [0.1, 0.15) is 11.1 Å². The summed E-state index contributed by atoms with van der Waals surface area (Å²) in [6, 6.07) is 13.1. The summed E-state index contributed by atoms with van der Waals surface area (Å²) in [4.78, 5) is 8.61. The van der Waals surface area contributed by atoms with Gasteiger partial charge in [-0.25, -0.2) is 14.4 Å². The second-order valence-electron chi connectivity index (χ2n) is 5.13. The molecular weight excluding hydrogens is 263 g/mol. The quantitative estimate of drug-likeness (QED) is 0.686. The van der Waals surface area contributed by atoms with Crippen LogP contribution in [0, 0.1) is 19.7 Å². The van der Waals surface area contributed by atoms with Gasteiger partial charge >= 0.3 is 0 Å². The highest BCUT2D eigenvalue weighted by molar-refractivity contribution is 5.67. The molecule has 0 fully saturated rings. The molecule has 0 N–H and O–H groups in total. The van der Waals surface area contributed by atoms with Crippen molar-refractivity contribution in [3.63, 3.8) is 0 Å². The smallest absolute Gasteiger partial charge is 0.159 e. The number of aromatic nitrogens is 2. The van der Waals surface area contributed by atoms with Gasteiger partial charge in [-0.05, 0) is 42.2 Å². The van der Waals surface area contributed by atoms with E-state index in [1.54, 1.807) is 31.5 Å². The molecule has 2 nitrogen and oxygen atoms in total. The van der Waals surface area contributed by atoms with Gasteiger partial charge < -0.3 is 0 Å². The van der Waals surface area contributed by atoms with E-state index in [9.17, 15) is 4.39 Å². The van der Waals surface area contributed by atoms with Crippen molar-refractivity contribution in [2.75, 3.05) is 0 Å². The molecule has 0 bridgehead atoms. The third-order valence-corrected chi connectivity index (χ3v) is 3.43. The largest absolute Gasteiger partial charge is 0.236 e. The molecule has 1 aromatic heterocycles. The summed E-state index contributed by atoms with van der Waals surface area (Å²) in [6.45, 7) is 3.72. The lowest BCUT2D eigenvalue weighted by atomic mass is 10.0. The fourth-order valence-corrected chi connectivity index (χ4v) is 2.13. The van der Waals surface area contributed by atoms with Gasteiger partial charge in [-0.2, -0.15) is 0 Å². The van der Waals surface area contributed by atoms with Crippen molar-refractivity contribution >= 4 is 0 Å². The Hall–Kier alpha value is -2.55. The lowest BCUT2D eigenvalue weighted by Gasteiger charge is -2.05. The fraction of sp³-hybridized carbons (Fsp3) is 0.111. The first-order valence-corrected chi connectivity index (χ1v) is 6.79. The van der Waals surface area contributed by atoms with Gasteiger partial charge in [0, 0.05) is 18.0 Å². The number of hydrogen-bond acceptors (Lipinski definition) is 2. The summed E-state index contributed by atoms with van der Waals surface area (Å²) < 4.78 is 13.6. The second kappa shape index (κ2) is 5.44. The Morgan fingerprint density at radius 2 is 1.33 bits per heavy atom. The first-order chi connectivity index (χ1) is 10.1. The first-order valence-electron chi connectivity index (χ1n) is 6.79.